The van der Waals surface area contributed by atoms with Gasteiger partial charge in [-0.25, -0.2) is 10.8 Å². The molecule has 64 valence electrons. The van der Waals surface area contributed by atoms with E-state index in [9.17, 15) is 4.79 Å². The molecule has 0 radical (unpaired) electrons. The molecule has 0 bridgehead atoms. The van der Waals surface area contributed by atoms with Crippen molar-refractivity contribution < 1.29 is 0 Å². The maximum Gasteiger partial charge on any atom is 0.294 e. The van der Waals surface area contributed by atoms with Crippen molar-refractivity contribution in [2.75, 3.05) is 5.43 Å². The summed E-state index contributed by atoms with van der Waals surface area (Å²) in [7, 11) is 0. The molecule has 0 unspecified atom stereocenters. The fourth-order valence-electron chi connectivity index (χ4n) is 1.16. The predicted octanol–water partition coefficient (Wildman–Crippen LogP) is -0.136. The average molecular weight is 166 g/mol. The maximum absolute atomic E-state index is 11.4. The van der Waals surface area contributed by atoms with E-state index in [0.29, 0.717) is 6.04 Å². The molecule has 2 rings (SSSR count). The summed E-state index contributed by atoms with van der Waals surface area (Å²) >= 11 is 0. The predicted molar refractivity (Wildman–Crippen MR) is 44.6 cm³/mol. The Morgan fingerprint density at radius 2 is 2.42 bits per heavy atom. The van der Waals surface area contributed by atoms with Crippen LogP contribution in [0, 0.1) is 0 Å². The molecule has 1 aliphatic carbocycles. The monoisotopic (exact) mass is 166 g/mol. The molecular formula is C7H10N4O. The molecule has 1 aliphatic rings. The zero-order valence-corrected chi connectivity index (χ0v) is 6.53. The molecule has 3 N–H and O–H groups in total. The molecule has 0 saturated heterocycles. The molecule has 0 spiro atoms. The standard InChI is InChI=1S/C7H10N4O/c8-10-6-7(12)11(4-3-9-6)5-1-2-5/h3-5H,1-2,8H2,(H,9,10). The molecule has 1 aromatic rings. The molecule has 1 aromatic heterocycles. The summed E-state index contributed by atoms with van der Waals surface area (Å²) in [5, 5.41) is 0. The lowest BCUT2D eigenvalue weighted by atomic mass is 10.5. The van der Waals surface area contributed by atoms with Gasteiger partial charge in [-0.05, 0) is 12.8 Å². The highest BCUT2D eigenvalue weighted by molar-refractivity contribution is 5.28. The number of hydrazine groups is 1. The number of aromatic nitrogens is 2. The SMILES string of the molecule is NNc1nccn(C2CC2)c1=O. The van der Waals surface area contributed by atoms with Crippen LogP contribution in [0.25, 0.3) is 0 Å². The van der Waals surface area contributed by atoms with Crippen molar-refractivity contribution in [2.24, 2.45) is 5.84 Å². The molecule has 12 heavy (non-hydrogen) atoms. The third-order valence-corrected chi connectivity index (χ3v) is 1.94. The van der Waals surface area contributed by atoms with Crippen LogP contribution in [0.5, 0.6) is 0 Å². The van der Waals surface area contributed by atoms with E-state index in [1.165, 1.54) is 0 Å². The quantitative estimate of drug-likeness (QED) is 0.474. The summed E-state index contributed by atoms with van der Waals surface area (Å²) in [5.74, 6) is 5.33. The van der Waals surface area contributed by atoms with Crippen LogP contribution in [0.1, 0.15) is 18.9 Å². The summed E-state index contributed by atoms with van der Waals surface area (Å²) in [6.45, 7) is 0. The van der Waals surface area contributed by atoms with Gasteiger partial charge in [0.05, 0.1) is 0 Å². The average Bonchev–Trinajstić information content (AvgIpc) is 2.88. The second-order valence-electron chi connectivity index (χ2n) is 2.86. The summed E-state index contributed by atoms with van der Waals surface area (Å²) < 4.78 is 1.67. The van der Waals surface area contributed by atoms with Crippen LogP contribution in [0.4, 0.5) is 5.82 Å². The van der Waals surface area contributed by atoms with Gasteiger partial charge in [0.25, 0.3) is 5.56 Å². The van der Waals surface area contributed by atoms with Gasteiger partial charge in [0.1, 0.15) is 0 Å². The Bertz CT molecular complexity index is 342. The van der Waals surface area contributed by atoms with E-state index in [2.05, 4.69) is 10.4 Å². The highest BCUT2D eigenvalue weighted by Crippen LogP contribution is 2.33. The van der Waals surface area contributed by atoms with Crippen LogP contribution in [-0.4, -0.2) is 9.55 Å². The first-order chi connectivity index (χ1) is 5.83. The molecule has 0 amide bonds. The normalized spacial score (nSPS) is 16.1. The summed E-state index contributed by atoms with van der Waals surface area (Å²) in [4.78, 5) is 15.2. The molecule has 1 heterocycles. The first-order valence-electron chi connectivity index (χ1n) is 3.86. The number of nitrogens with one attached hydrogen (secondary N) is 1. The third-order valence-electron chi connectivity index (χ3n) is 1.94. The second kappa shape index (κ2) is 2.60. The van der Waals surface area contributed by atoms with E-state index < -0.39 is 0 Å². The van der Waals surface area contributed by atoms with Crippen LogP contribution in [0.2, 0.25) is 0 Å². The Balaban J connectivity index is 2.48. The minimum Gasteiger partial charge on any atom is -0.308 e. The number of anilines is 1. The largest absolute Gasteiger partial charge is 0.308 e. The highest BCUT2D eigenvalue weighted by Gasteiger charge is 2.24. The zero-order valence-electron chi connectivity index (χ0n) is 6.53. The highest BCUT2D eigenvalue weighted by atomic mass is 16.1. The Hall–Kier alpha value is -1.36. The molecular weight excluding hydrogens is 156 g/mol. The van der Waals surface area contributed by atoms with Crippen LogP contribution < -0.4 is 16.8 Å². The zero-order chi connectivity index (χ0) is 8.55. The van der Waals surface area contributed by atoms with Crippen molar-refractivity contribution in [3.63, 3.8) is 0 Å². The number of hydrogen-bond acceptors (Lipinski definition) is 4. The molecule has 0 atom stereocenters. The Morgan fingerprint density at radius 3 is 3.00 bits per heavy atom. The summed E-state index contributed by atoms with van der Waals surface area (Å²) in [5.41, 5.74) is 2.14. The minimum absolute atomic E-state index is 0.137. The lowest BCUT2D eigenvalue weighted by Gasteiger charge is -2.03. The fraction of sp³-hybridized carbons (Fsp3) is 0.429. The number of nitrogens with two attached hydrogens (primary N) is 1. The van der Waals surface area contributed by atoms with E-state index in [4.69, 9.17) is 5.84 Å². The summed E-state index contributed by atoms with van der Waals surface area (Å²) in [6, 6.07) is 0.368. The van der Waals surface area contributed by atoms with Gasteiger partial charge >= 0.3 is 0 Å². The van der Waals surface area contributed by atoms with E-state index >= 15 is 0 Å². The van der Waals surface area contributed by atoms with Gasteiger partial charge in [0.15, 0.2) is 0 Å². The fourth-order valence-corrected chi connectivity index (χ4v) is 1.16. The molecule has 1 saturated carbocycles. The van der Waals surface area contributed by atoms with E-state index in [1.807, 2.05) is 0 Å². The molecule has 0 aliphatic heterocycles. The van der Waals surface area contributed by atoms with Gasteiger partial charge in [-0.15, -0.1) is 0 Å². The van der Waals surface area contributed by atoms with Crippen molar-refractivity contribution in [1.82, 2.24) is 9.55 Å². The first-order valence-corrected chi connectivity index (χ1v) is 3.86. The number of hydrogen-bond donors (Lipinski definition) is 2. The van der Waals surface area contributed by atoms with Gasteiger partial charge in [-0.1, -0.05) is 0 Å². The van der Waals surface area contributed by atoms with Gasteiger partial charge < -0.3 is 9.99 Å². The number of rotatable bonds is 2. The summed E-state index contributed by atoms with van der Waals surface area (Å²) in [6.07, 6.45) is 5.43. The van der Waals surface area contributed by atoms with Gasteiger partial charge in [0.2, 0.25) is 5.82 Å². The van der Waals surface area contributed by atoms with Crippen molar-refractivity contribution in [2.45, 2.75) is 18.9 Å². The Morgan fingerprint density at radius 1 is 1.67 bits per heavy atom. The Labute approximate surface area is 69.2 Å². The topological polar surface area (TPSA) is 72.9 Å². The van der Waals surface area contributed by atoms with E-state index in [-0.39, 0.29) is 11.4 Å². The van der Waals surface area contributed by atoms with Crippen LogP contribution in [0.3, 0.4) is 0 Å². The van der Waals surface area contributed by atoms with Crippen molar-refractivity contribution in [3.05, 3.63) is 22.7 Å². The molecule has 1 fully saturated rings. The van der Waals surface area contributed by atoms with Gasteiger partial charge in [-0.3, -0.25) is 4.79 Å². The van der Waals surface area contributed by atoms with Gasteiger partial charge in [0, 0.05) is 18.4 Å². The van der Waals surface area contributed by atoms with Crippen LogP contribution in [0.15, 0.2) is 17.2 Å². The minimum atomic E-state index is -0.137. The van der Waals surface area contributed by atoms with Gasteiger partial charge in [-0.2, -0.15) is 0 Å². The van der Waals surface area contributed by atoms with Crippen LogP contribution >= 0.6 is 0 Å². The number of nitrogen functional groups attached to an aromatic ring is 1. The third kappa shape index (κ3) is 1.08. The second-order valence-corrected chi connectivity index (χ2v) is 2.86. The maximum atomic E-state index is 11.4. The molecule has 0 aromatic carbocycles. The number of nitrogens with zero attached hydrogens (tertiary/aromatic N) is 2. The van der Waals surface area contributed by atoms with Crippen molar-refractivity contribution >= 4 is 5.82 Å². The van der Waals surface area contributed by atoms with Crippen molar-refractivity contribution in [3.8, 4) is 0 Å². The smallest absolute Gasteiger partial charge is 0.294 e. The molecule has 5 nitrogen and oxygen atoms in total. The lowest BCUT2D eigenvalue weighted by Crippen LogP contribution is -2.25. The Kier molecular flexibility index (Phi) is 1.58. The van der Waals surface area contributed by atoms with E-state index in [0.717, 1.165) is 12.8 Å². The van der Waals surface area contributed by atoms with Crippen LogP contribution in [-0.2, 0) is 0 Å². The van der Waals surface area contributed by atoms with E-state index in [1.54, 1.807) is 17.0 Å². The molecule has 5 heteroatoms. The lowest BCUT2D eigenvalue weighted by molar-refractivity contribution is 0.700. The van der Waals surface area contributed by atoms with Crippen molar-refractivity contribution in [1.29, 1.82) is 0 Å². The first kappa shape index (κ1) is 7.30.